The van der Waals surface area contributed by atoms with Gasteiger partial charge in [0.25, 0.3) is 0 Å². The molecule has 1 aliphatic rings. The molecule has 0 bridgehead atoms. The van der Waals surface area contributed by atoms with E-state index >= 15 is 0 Å². The largest absolute Gasteiger partial charge is 0.444 e. The lowest BCUT2D eigenvalue weighted by Crippen LogP contribution is -2.51. The fourth-order valence-electron chi connectivity index (χ4n) is 2.99. The van der Waals surface area contributed by atoms with Crippen molar-refractivity contribution in [3.8, 4) is 0 Å². The molecule has 3 heterocycles. The Bertz CT molecular complexity index is 741. The van der Waals surface area contributed by atoms with Crippen LogP contribution in [0.4, 0.5) is 4.79 Å². The van der Waals surface area contributed by atoms with Crippen LogP contribution in [0, 0.1) is 6.92 Å². The molecule has 0 saturated carbocycles. The summed E-state index contributed by atoms with van der Waals surface area (Å²) in [6.45, 7) is 9.78. The third-order valence-corrected chi connectivity index (χ3v) is 4.15. The Hall–Kier alpha value is -2.48. The molecule has 1 fully saturated rings. The number of nitrogens with zero attached hydrogens (tertiary/aromatic N) is 5. The molecule has 0 spiro atoms. The Labute approximate surface area is 153 Å². The van der Waals surface area contributed by atoms with Crippen molar-refractivity contribution < 1.29 is 14.1 Å². The topological polar surface area (TPSA) is 84.6 Å². The van der Waals surface area contributed by atoms with E-state index in [1.54, 1.807) is 24.2 Å². The fourth-order valence-corrected chi connectivity index (χ4v) is 2.99. The second-order valence-electron chi connectivity index (χ2n) is 7.42. The molecule has 8 heteroatoms. The van der Waals surface area contributed by atoms with Crippen LogP contribution >= 0.6 is 0 Å². The summed E-state index contributed by atoms with van der Waals surface area (Å²) in [6, 6.07) is 3.95. The van der Waals surface area contributed by atoms with E-state index in [9.17, 15) is 4.79 Å². The first-order valence-electron chi connectivity index (χ1n) is 8.73. The molecule has 140 valence electrons. The smallest absolute Gasteiger partial charge is 0.410 e. The maximum Gasteiger partial charge on any atom is 0.410 e. The number of carbonyl (C=O) groups is 1. The van der Waals surface area contributed by atoms with Crippen LogP contribution in [0.3, 0.4) is 0 Å². The maximum atomic E-state index is 12.5. The van der Waals surface area contributed by atoms with Crippen LogP contribution in [-0.4, -0.2) is 56.3 Å². The summed E-state index contributed by atoms with van der Waals surface area (Å²) in [5.41, 5.74) is 0.580. The maximum absolute atomic E-state index is 12.5. The van der Waals surface area contributed by atoms with E-state index in [0.29, 0.717) is 37.9 Å². The van der Waals surface area contributed by atoms with Crippen molar-refractivity contribution >= 4 is 6.09 Å². The van der Waals surface area contributed by atoms with Gasteiger partial charge in [0.05, 0.1) is 12.6 Å². The van der Waals surface area contributed by atoms with Crippen LogP contribution < -0.4 is 0 Å². The minimum Gasteiger partial charge on any atom is -0.444 e. The van der Waals surface area contributed by atoms with Crippen molar-refractivity contribution in [1.82, 2.24) is 24.9 Å². The van der Waals surface area contributed by atoms with Gasteiger partial charge in [-0.3, -0.25) is 9.88 Å². The minimum atomic E-state index is -0.511. The van der Waals surface area contributed by atoms with E-state index in [4.69, 9.17) is 9.26 Å². The van der Waals surface area contributed by atoms with Gasteiger partial charge in [0, 0.05) is 39.0 Å². The van der Waals surface area contributed by atoms with Crippen LogP contribution in [0.2, 0.25) is 0 Å². The highest BCUT2D eigenvalue weighted by molar-refractivity contribution is 5.68. The van der Waals surface area contributed by atoms with E-state index < -0.39 is 5.60 Å². The Balaban J connectivity index is 1.77. The average molecular weight is 359 g/mol. The van der Waals surface area contributed by atoms with Crippen LogP contribution in [0.25, 0.3) is 0 Å². The molecule has 2 aromatic heterocycles. The predicted octanol–water partition coefficient (Wildman–Crippen LogP) is 2.57. The lowest BCUT2D eigenvalue weighted by Gasteiger charge is -2.41. The molecule has 0 aromatic carbocycles. The molecule has 0 N–H and O–H groups in total. The van der Waals surface area contributed by atoms with E-state index in [2.05, 4.69) is 20.0 Å². The molecule has 1 saturated heterocycles. The highest BCUT2D eigenvalue weighted by Gasteiger charge is 2.33. The lowest BCUT2D eigenvalue weighted by molar-refractivity contribution is 0.00153. The number of amides is 1. The summed E-state index contributed by atoms with van der Waals surface area (Å²) < 4.78 is 10.6. The lowest BCUT2D eigenvalue weighted by atomic mass is 10.0. The average Bonchev–Trinajstić information content (AvgIpc) is 2.99. The molecule has 2 aromatic rings. The number of carbonyl (C=O) groups excluding carboxylic acids is 1. The van der Waals surface area contributed by atoms with Gasteiger partial charge in [-0.2, -0.15) is 4.98 Å². The minimum absolute atomic E-state index is 0.0121. The standard InChI is InChI=1S/C18H25N5O3/c1-13-20-16(21-26-13)12-22-9-10-23(17(24)25-18(2,3)4)11-15(22)14-5-7-19-8-6-14/h5-8,15H,9-12H2,1-4H3/t15-/m1/s1. The Morgan fingerprint density at radius 2 is 2.04 bits per heavy atom. The van der Waals surface area contributed by atoms with Crippen LogP contribution in [0.5, 0.6) is 0 Å². The molecule has 0 radical (unpaired) electrons. The Morgan fingerprint density at radius 1 is 1.31 bits per heavy atom. The van der Waals surface area contributed by atoms with Crippen molar-refractivity contribution in [2.75, 3.05) is 19.6 Å². The van der Waals surface area contributed by atoms with E-state index in [1.807, 2.05) is 32.9 Å². The highest BCUT2D eigenvalue weighted by atomic mass is 16.6. The number of rotatable bonds is 3. The summed E-state index contributed by atoms with van der Waals surface area (Å²) >= 11 is 0. The number of aromatic nitrogens is 3. The molecule has 1 atom stereocenters. The highest BCUT2D eigenvalue weighted by Crippen LogP contribution is 2.27. The Morgan fingerprint density at radius 3 is 2.65 bits per heavy atom. The second-order valence-corrected chi connectivity index (χ2v) is 7.42. The molecule has 3 rings (SSSR count). The van der Waals surface area contributed by atoms with Crippen molar-refractivity contribution in [2.45, 2.75) is 45.9 Å². The monoisotopic (exact) mass is 359 g/mol. The number of hydrogen-bond donors (Lipinski definition) is 0. The molecule has 0 unspecified atom stereocenters. The van der Waals surface area contributed by atoms with Crippen molar-refractivity contribution in [3.05, 3.63) is 41.8 Å². The number of ether oxygens (including phenoxy) is 1. The van der Waals surface area contributed by atoms with Crippen molar-refractivity contribution in [3.63, 3.8) is 0 Å². The quantitative estimate of drug-likeness (QED) is 0.832. The zero-order chi connectivity index (χ0) is 18.7. The van der Waals surface area contributed by atoms with E-state index in [0.717, 1.165) is 5.56 Å². The fraction of sp³-hybridized carbons (Fsp3) is 0.556. The van der Waals surface area contributed by atoms with Gasteiger partial charge in [-0.05, 0) is 38.5 Å². The van der Waals surface area contributed by atoms with Crippen LogP contribution in [-0.2, 0) is 11.3 Å². The third-order valence-electron chi connectivity index (χ3n) is 4.15. The van der Waals surface area contributed by atoms with Gasteiger partial charge >= 0.3 is 6.09 Å². The van der Waals surface area contributed by atoms with Gasteiger partial charge in [0.15, 0.2) is 5.82 Å². The SMILES string of the molecule is Cc1nc(CN2CCN(C(=O)OC(C)(C)C)C[C@@H]2c2ccncc2)no1. The molecule has 26 heavy (non-hydrogen) atoms. The second kappa shape index (κ2) is 7.41. The van der Waals surface area contributed by atoms with Gasteiger partial charge in [-0.1, -0.05) is 5.16 Å². The molecule has 0 aliphatic carbocycles. The van der Waals surface area contributed by atoms with Gasteiger partial charge < -0.3 is 14.2 Å². The first kappa shape index (κ1) is 18.3. The molecule has 8 nitrogen and oxygen atoms in total. The molecular weight excluding hydrogens is 334 g/mol. The molecule has 1 amide bonds. The predicted molar refractivity (Wildman–Crippen MR) is 94.2 cm³/mol. The summed E-state index contributed by atoms with van der Waals surface area (Å²) in [7, 11) is 0. The first-order valence-corrected chi connectivity index (χ1v) is 8.73. The molecule has 1 aliphatic heterocycles. The summed E-state index contributed by atoms with van der Waals surface area (Å²) in [5.74, 6) is 1.19. The van der Waals surface area contributed by atoms with Crippen LogP contribution in [0.15, 0.2) is 29.0 Å². The van der Waals surface area contributed by atoms with Gasteiger partial charge in [0.2, 0.25) is 5.89 Å². The third kappa shape index (κ3) is 4.57. The number of hydrogen-bond acceptors (Lipinski definition) is 7. The molecular formula is C18H25N5O3. The summed E-state index contributed by atoms with van der Waals surface area (Å²) in [4.78, 5) is 24.9. The van der Waals surface area contributed by atoms with Gasteiger partial charge in [0.1, 0.15) is 5.60 Å². The summed E-state index contributed by atoms with van der Waals surface area (Å²) in [5, 5.41) is 4.00. The van der Waals surface area contributed by atoms with E-state index in [1.165, 1.54) is 0 Å². The zero-order valence-electron chi connectivity index (χ0n) is 15.7. The van der Waals surface area contributed by atoms with Crippen molar-refractivity contribution in [2.24, 2.45) is 0 Å². The number of piperazine rings is 1. The van der Waals surface area contributed by atoms with Crippen molar-refractivity contribution in [1.29, 1.82) is 0 Å². The first-order chi connectivity index (χ1) is 12.3. The van der Waals surface area contributed by atoms with Gasteiger partial charge in [-0.25, -0.2) is 4.79 Å². The zero-order valence-corrected chi connectivity index (χ0v) is 15.7. The van der Waals surface area contributed by atoms with E-state index in [-0.39, 0.29) is 12.1 Å². The van der Waals surface area contributed by atoms with Gasteiger partial charge in [-0.15, -0.1) is 0 Å². The number of aryl methyl sites for hydroxylation is 1. The number of pyridine rings is 1. The normalized spacial score (nSPS) is 18.8. The van der Waals surface area contributed by atoms with Crippen LogP contribution in [0.1, 0.15) is 44.1 Å². The Kier molecular flexibility index (Phi) is 5.22. The summed E-state index contributed by atoms with van der Waals surface area (Å²) in [6.07, 6.45) is 3.24.